The molecule has 2 aromatic rings. The van der Waals surface area contributed by atoms with E-state index in [1.807, 2.05) is 6.92 Å². The van der Waals surface area contributed by atoms with Gasteiger partial charge < -0.3 is 4.74 Å². The summed E-state index contributed by atoms with van der Waals surface area (Å²) in [5.41, 5.74) is 1.38. The molecule has 0 amide bonds. The van der Waals surface area contributed by atoms with E-state index in [4.69, 9.17) is 62.7 Å². The first-order valence-corrected chi connectivity index (χ1v) is 8.41. The number of benzene rings is 1. The minimum Gasteiger partial charge on any atom is -0.492 e. The van der Waals surface area contributed by atoms with Gasteiger partial charge in [-0.25, -0.2) is 0 Å². The number of rotatable bonds is 4. The maximum atomic E-state index is 6.44. The van der Waals surface area contributed by atoms with Gasteiger partial charge in [0.25, 0.3) is 0 Å². The molecule has 0 saturated carbocycles. The predicted molar refractivity (Wildman–Crippen MR) is 89.7 cm³/mol. The Hall–Kier alpha value is 0.170. The lowest BCUT2D eigenvalue weighted by Crippen LogP contribution is -1.97. The minimum atomic E-state index is -0.521. The Kier molecular flexibility index (Phi) is 5.75. The zero-order chi connectivity index (χ0) is 14.9. The molecule has 0 fully saturated rings. The number of ether oxygens (including phenoxy) is 1. The summed E-state index contributed by atoms with van der Waals surface area (Å²) in [6.45, 7) is 2.38. The Bertz CT molecular complexity index is 625. The summed E-state index contributed by atoms with van der Waals surface area (Å²) in [7, 11) is 0. The van der Waals surface area contributed by atoms with Crippen molar-refractivity contribution in [3.05, 3.63) is 48.0 Å². The molecule has 108 valence electrons. The highest BCUT2D eigenvalue weighted by molar-refractivity contribution is 7.20. The standard InChI is InChI=1S/C13H9Cl5OS/c1-2-19-10-5-8(14)6(3-9(10)15)12(17)7-4-11(16)20-13(7)18/h3-5,12H,2H2,1H3. The highest BCUT2D eigenvalue weighted by Crippen LogP contribution is 2.44. The molecule has 1 aromatic carbocycles. The molecule has 0 aliphatic carbocycles. The quantitative estimate of drug-likeness (QED) is 0.506. The van der Waals surface area contributed by atoms with Crippen LogP contribution in [0.4, 0.5) is 0 Å². The SMILES string of the molecule is CCOc1cc(Cl)c(C(Cl)c2cc(Cl)sc2Cl)cc1Cl. The van der Waals surface area contributed by atoms with Crippen LogP contribution in [0.25, 0.3) is 0 Å². The minimum absolute atomic E-state index is 0.453. The van der Waals surface area contributed by atoms with Crippen molar-refractivity contribution in [2.24, 2.45) is 0 Å². The van der Waals surface area contributed by atoms with E-state index < -0.39 is 5.38 Å². The third-order valence-electron chi connectivity index (χ3n) is 2.58. The van der Waals surface area contributed by atoms with Gasteiger partial charge in [0.2, 0.25) is 0 Å². The van der Waals surface area contributed by atoms with Crippen LogP contribution < -0.4 is 4.74 Å². The van der Waals surface area contributed by atoms with E-state index in [1.54, 1.807) is 18.2 Å². The smallest absolute Gasteiger partial charge is 0.139 e. The summed E-state index contributed by atoms with van der Waals surface area (Å²) in [4.78, 5) is 0. The fourth-order valence-corrected chi connectivity index (χ4v) is 4.25. The fourth-order valence-electron chi connectivity index (χ4n) is 1.70. The molecule has 1 heterocycles. The van der Waals surface area contributed by atoms with Crippen molar-refractivity contribution >= 4 is 69.3 Å². The molecule has 0 spiro atoms. The molecular weight excluding hydrogens is 381 g/mol. The predicted octanol–water partition coefficient (Wildman–Crippen LogP) is 7.09. The van der Waals surface area contributed by atoms with Crippen LogP contribution in [-0.4, -0.2) is 6.61 Å². The molecule has 1 atom stereocenters. The van der Waals surface area contributed by atoms with Crippen LogP contribution in [0.1, 0.15) is 23.4 Å². The lowest BCUT2D eigenvalue weighted by Gasteiger charge is -2.14. The van der Waals surface area contributed by atoms with E-state index in [0.29, 0.717) is 42.2 Å². The van der Waals surface area contributed by atoms with Crippen LogP contribution in [0.5, 0.6) is 5.75 Å². The number of alkyl halides is 1. The largest absolute Gasteiger partial charge is 0.492 e. The first-order valence-electron chi connectivity index (χ1n) is 5.64. The van der Waals surface area contributed by atoms with Crippen LogP contribution in [0.2, 0.25) is 18.7 Å². The van der Waals surface area contributed by atoms with Gasteiger partial charge in [-0.05, 0) is 24.6 Å². The average Bonchev–Trinajstić information content (AvgIpc) is 2.72. The molecule has 7 heteroatoms. The van der Waals surface area contributed by atoms with Gasteiger partial charge in [-0.1, -0.05) is 46.4 Å². The van der Waals surface area contributed by atoms with E-state index in [-0.39, 0.29) is 0 Å². The molecule has 0 saturated heterocycles. The molecule has 0 radical (unpaired) electrons. The van der Waals surface area contributed by atoms with Crippen LogP contribution in [0.3, 0.4) is 0 Å². The Labute approximate surface area is 146 Å². The first-order chi connectivity index (χ1) is 9.43. The van der Waals surface area contributed by atoms with E-state index >= 15 is 0 Å². The summed E-state index contributed by atoms with van der Waals surface area (Å²) in [5.74, 6) is 0.529. The molecular formula is C13H9Cl5OS. The second-order valence-corrected chi connectivity index (χ2v) is 7.42. The topological polar surface area (TPSA) is 9.23 Å². The van der Waals surface area contributed by atoms with Crippen molar-refractivity contribution in [3.63, 3.8) is 0 Å². The van der Waals surface area contributed by atoms with Crippen molar-refractivity contribution in [2.75, 3.05) is 6.61 Å². The van der Waals surface area contributed by atoms with Gasteiger partial charge in [0, 0.05) is 16.7 Å². The maximum Gasteiger partial charge on any atom is 0.139 e. The number of hydrogen-bond donors (Lipinski definition) is 0. The third kappa shape index (κ3) is 3.49. The molecule has 20 heavy (non-hydrogen) atoms. The molecule has 1 unspecified atom stereocenters. The van der Waals surface area contributed by atoms with E-state index in [9.17, 15) is 0 Å². The third-order valence-corrected chi connectivity index (χ3v) is 5.19. The van der Waals surface area contributed by atoms with Gasteiger partial charge in [0.05, 0.1) is 25.7 Å². The molecule has 0 aliphatic heterocycles. The lowest BCUT2D eigenvalue weighted by molar-refractivity contribution is 0.340. The molecule has 2 rings (SSSR count). The maximum absolute atomic E-state index is 6.44. The Morgan fingerprint density at radius 2 is 1.75 bits per heavy atom. The van der Waals surface area contributed by atoms with Crippen LogP contribution in [-0.2, 0) is 0 Å². The normalized spacial score (nSPS) is 12.5. The Morgan fingerprint density at radius 3 is 2.30 bits per heavy atom. The first kappa shape index (κ1) is 16.5. The number of halogens is 5. The lowest BCUT2D eigenvalue weighted by atomic mass is 10.1. The molecule has 0 bridgehead atoms. The number of hydrogen-bond acceptors (Lipinski definition) is 2. The van der Waals surface area contributed by atoms with Crippen molar-refractivity contribution in [1.29, 1.82) is 0 Å². The fraction of sp³-hybridized carbons (Fsp3) is 0.231. The molecule has 1 aromatic heterocycles. The second kappa shape index (κ2) is 6.95. The second-order valence-electron chi connectivity index (χ2n) is 3.88. The summed E-state index contributed by atoms with van der Waals surface area (Å²) in [5, 5.41) is 0.400. The van der Waals surface area contributed by atoms with Gasteiger partial charge in [-0.3, -0.25) is 0 Å². The summed E-state index contributed by atoms with van der Waals surface area (Å²) >= 11 is 32.1. The summed E-state index contributed by atoms with van der Waals surface area (Å²) < 4.78 is 6.49. The molecule has 0 N–H and O–H groups in total. The van der Waals surface area contributed by atoms with Crippen molar-refractivity contribution in [2.45, 2.75) is 12.3 Å². The monoisotopic (exact) mass is 388 g/mol. The Morgan fingerprint density at radius 1 is 1.05 bits per heavy atom. The summed E-state index contributed by atoms with van der Waals surface area (Å²) in [6.07, 6.45) is 0. The van der Waals surface area contributed by atoms with Crippen molar-refractivity contribution in [1.82, 2.24) is 0 Å². The zero-order valence-electron chi connectivity index (χ0n) is 10.2. The zero-order valence-corrected chi connectivity index (χ0v) is 14.8. The van der Waals surface area contributed by atoms with Crippen LogP contribution >= 0.6 is 69.3 Å². The van der Waals surface area contributed by atoms with Crippen LogP contribution in [0.15, 0.2) is 18.2 Å². The van der Waals surface area contributed by atoms with Gasteiger partial charge in [-0.2, -0.15) is 0 Å². The summed E-state index contributed by atoms with van der Waals surface area (Å²) in [6, 6.07) is 5.07. The molecule has 0 aliphatic rings. The van der Waals surface area contributed by atoms with Crippen LogP contribution in [0, 0.1) is 0 Å². The highest BCUT2D eigenvalue weighted by atomic mass is 35.5. The van der Waals surface area contributed by atoms with E-state index in [2.05, 4.69) is 0 Å². The van der Waals surface area contributed by atoms with E-state index in [0.717, 1.165) is 0 Å². The Balaban J connectivity index is 2.42. The van der Waals surface area contributed by atoms with Gasteiger partial charge in [-0.15, -0.1) is 22.9 Å². The van der Waals surface area contributed by atoms with Gasteiger partial charge in [0.1, 0.15) is 5.75 Å². The van der Waals surface area contributed by atoms with Gasteiger partial charge in [0.15, 0.2) is 0 Å². The van der Waals surface area contributed by atoms with Gasteiger partial charge >= 0.3 is 0 Å². The molecule has 1 nitrogen and oxygen atoms in total. The number of thiophene rings is 1. The van der Waals surface area contributed by atoms with E-state index in [1.165, 1.54) is 11.3 Å². The highest BCUT2D eigenvalue weighted by Gasteiger charge is 2.21. The average molecular weight is 391 g/mol. The van der Waals surface area contributed by atoms with Crippen molar-refractivity contribution in [3.8, 4) is 5.75 Å². The van der Waals surface area contributed by atoms with Crippen molar-refractivity contribution < 1.29 is 4.74 Å².